The molecule has 0 aliphatic rings. The SMILES string of the molecule is CC(=O)N(C(=O)c1ccccc1)C(CS)C(=O)O. The maximum absolute atomic E-state index is 12.1. The molecule has 96 valence electrons. The van der Waals surface area contributed by atoms with Crippen molar-refractivity contribution in [2.24, 2.45) is 0 Å². The summed E-state index contributed by atoms with van der Waals surface area (Å²) >= 11 is 3.87. The molecule has 0 spiro atoms. The molecule has 0 aliphatic heterocycles. The summed E-state index contributed by atoms with van der Waals surface area (Å²) in [5, 5.41) is 8.99. The van der Waals surface area contributed by atoms with Crippen LogP contribution >= 0.6 is 12.6 Å². The lowest BCUT2D eigenvalue weighted by molar-refractivity contribution is -0.146. The van der Waals surface area contributed by atoms with E-state index in [2.05, 4.69) is 12.6 Å². The standard InChI is InChI=1S/C12H13NO4S/c1-8(14)13(10(7-18)12(16)17)11(15)9-5-3-2-4-6-9/h2-6,10,18H,7H2,1H3,(H,16,17). The highest BCUT2D eigenvalue weighted by atomic mass is 32.1. The molecule has 0 radical (unpaired) electrons. The van der Waals surface area contributed by atoms with Crippen LogP contribution < -0.4 is 0 Å². The molecule has 0 bridgehead atoms. The number of aliphatic carboxylic acids is 1. The van der Waals surface area contributed by atoms with Crippen LogP contribution in [-0.2, 0) is 9.59 Å². The molecular weight excluding hydrogens is 254 g/mol. The highest BCUT2D eigenvalue weighted by Crippen LogP contribution is 2.10. The Kier molecular flexibility index (Phi) is 4.91. The molecule has 1 atom stereocenters. The molecule has 1 rings (SSSR count). The first-order valence-electron chi connectivity index (χ1n) is 5.22. The molecular formula is C12H13NO4S. The Labute approximate surface area is 110 Å². The highest BCUT2D eigenvalue weighted by molar-refractivity contribution is 7.80. The van der Waals surface area contributed by atoms with Crippen LogP contribution in [0.1, 0.15) is 17.3 Å². The fourth-order valence-electron chi connectivity index (χ4n) is 1.49. The predicted octanol–water partition coefficient (Wildman–Crippen LogP) is 1.06. The lowest BCUT2D eigenvalue weighted by atomic mass is 10.1. The number of rotatable bonds is 4. The summed E-state index contributed by atoms with van der Waals surface area (Å²) in [6, 6.07) is 6.79. The molecule has 6 heteroatoms. The molecule has 1 aromatic rings. The van der Waals surface area contributed by atoms with Gasteiger partial charge in [-0.05, 0) is 12.1 Å². The third-order valence-corrected chi connectivity index (χ3v) is 2.69. The first-order chi connectivity index (χ1) is 8.49. The van der Waals surface area contributed by atoms with Gasteiger partial charge in [-0.2, -0.15) is 12.6 Å². The maximum atomic E-state index is 12.1. The third kappa shape index (κ3) is 3.10. The first kappa shape index (κ1) is 14.2. The summed E-state index contributed by atoms with van der Waals surface area (Å²) in [5.74, 6) is -2.65. The van der Waals surface area contributed by atoms with E-state index in [0.29, 0.717) is 4.90 Å². The topological polar surface area (TPSA) is 74.7 Å². The second kappa shape index (κ2) is 6.20. The van der Waals surface area contributed by atoms with Gasteiger partial charge in [0.25, 0.3) is 5.91 Å². The second-order valence-electron chi connectivity index (χ2n) is 3.60. The molecule has 0 heterocycles. The number of hydrogen-bond acceptors (Lipinski definition) is 4. The van der Waals surface area contributed by atoms with Crippen LogP contribution in [0.3, 0.4) is 0 Å². The fourth-order valence-corrected chi connectivity index (χ4v) is 1.81. The lowest BCUT2D eigenvalue weighted by Crippen LogP contribution is -2.48. The van der Waals surface area contributed by atoms with Crippen molar-refractivity contribution in [3.05, 3.63) is 35.9 Å². The Bertz CT molecular complexity index is 460. The number of nitrogens with zero attached hydrogens (tertiary/aromatic N) is 1. The minimum atomic E-state index is -1.27. The fraction of sp³-hybridized carbons (Fsp3) is 0.250. The number of carbonyl (C=O) groups is 3. The van der Waals surface area contributed by atoms with Crippen molar-refractivity contribution in [1.29, 1.82) is 0 Å². The van der Waals surface area contributed by atoms with Crippen LogP contribution in [0.5, 0.6) is 0 Å². The van der Waals surface area contributed by atoms with Crippen LogP contribution in [0, 0.1) is 0 Å². The van der Waals surface area contributed by atoms with E-state index < -0.39 is 23.8 Å². The third-order valence-electron chi connectivity index (χ3n) is 2.35. The summed E-state index contributed by atoms with van der Waals surface area (Å²) in [6.45, 7) is 1.15. The molecule has 0 saturated carbocycles. The van der Waals surface area contributed by atoms with E-state index in [4.69, 9.17) is 5.11 Å². The second-order valence-corrected chi connectivity index (χ2v) is 3.96. The Morgan fingerprint density at radius 2 is 1.83 bits per heavy atom. The van der Waals surface area contributed by atoms with E-state index >= 15 is 0 Å². The average molecular weight is 267 g/mol. The van der Waals surface area contributed by atoms with Crippen molar-refractivity contribution in [2.75, 3.05) is 5.75 Å². The molecule has 2 amide bonds. The van der Waals surface area contributed by atoms with Crippen molar-refractivity contribution < 1.29 is 19.5 Å². The van der Waals surface area contributed by atoms with Gasteiger partial charge in [0.2, 0.25) is 5.91 Å². The molecule has 0 saturated heterocycles. The number of carboxylic acids is 1. The number of carbonyl (C=O) groups excluding carboxylic acids is 2. The van der Waals surface area contributed by atoms with Gasteiger partial charge >= 0.3 is 5.97 Å². The summed E-state index contributed by atoms with van der Waals surface area (Å²) in [6.07, 6.45) is 0. The van der Waals surface area contributed by atoms with E-state index in [1.807, 2.05) is 0 Å². The average Bonchev–Trinajstić information content (AvgIpc) is 2.35. The Hall–Kier alpha value is -1.82. The Balaban J connectivity index is 3.10. The molecule has 1 aromatic carbocycles. The summed E-state index contributed by atoms with van der Waals surface area (Å²) in [7, 11) is 0. The number of benzene rings is 1. The van der Waals surface area contributed by atoms with Gasteiger partial charge in [0.15, 0.2) is 0 Å². The summed E-state index contributed by atoms with van der Waals surface area (Å²) in [5.41, 5.74) is 0.265. The first-order valence-corrected chi connectivity index (χ1v) is 5.85. The van der Waals surface area contributed by atoms with E-state index in [1.54, 1.807) is 18.2 Å². The van der Waals surface area contributed by atoms with Gasteiger partial charge in [0, 0.05) is 18.2 Å². The minimum Gasteiger partial charge on any atom is -0.480 e. The number of thiol groups is 1. The van der Waals surface area contributed by atoms with Crippen LogP contribution in [0.15, 0.2) is 30.3 Å². The molecule has 1 N–H and O–H groups in total. The zero-order chi connectivity index (χ0) is 13.7. The Morgan fingerprint density at radius 1 is 1.28 bits per heavy atom. The maximum Gasteiger partial charge on any atom is 0.327 e. The smallest absolute Gasteiger partial charge is 0.327 e. The van der Waals surface area contributed by atoms with Gasteiger partial charge < -0.3 is 5.11 Å². The van der Waals surface area contributed by atoms with Crippen molar-refractivity contribution in [3.8, 4) is 0 Å². The van der Waals surface area contributed by atoms with Gasteiger partial charge in [-0.15, -0.1) is 0 Å². The molecule has 1 unspecified atom stereocenters. The zero-order valence-electron chi connectivity index (χ0n) is 9.74. The monoisotopic (exact) mass is 267 g/mol. The van der Waals surface area contributed by atoms with Gasteiger partial charge in [-0.25, -0.2) is 4.79 Å². The van der Waals surface area contributed by atoms with Crippen LogP contribution in [0.4, 0.5) is 0 Å². The molecule has 0 aromatic heterocycles. The largest absolute Gasteiger partial charge is 0.480 e. The highest BCUT2D eigenvalue weighted by Gasteiger charge is 2.32. The van der Waals surface area contributed by atoms with Crippen LogP contribution in [0.2, 0.25) is 0 Å². The number of carboxylic acid groups (broad SMARTS) is 1. The van der Waals surface area contributed by atoms with E-state index in [9.17, 15) is 14.4 Å². The van der Waals surface area contributed by atoms with Gasteiger partial charge in [-0.1, -0.05) is 18.2 Å². The van der Waals surface area contributed by atoms with Crippen molar-refractivity contribution in [3.63, 3.8) is 0 Å². The normalized spacial score (nSPS) is 11.7. The van der Waals surface area contributed by atoms with E-state index in [0.717, 1.165) is 6.92 Å². The molecule has 5 nitrogen and oxygen atoms in total. The molecule has 0 aliphatic carbocycles. The van der Waals surface area contributed by atoms with Crippen LogP contribution in [-0.4, -0.2) is 39.6 Å². The quantitative estimate of drug-likeness (QED) is 0.800. The van der Waals surface area contributed by atoms with E-state index in [-0.39, 0.29) is 11.3 Å². The van der Waals surface area contributed by atoms with Gasteiger partial charge in [-0.3, -0.25) is 14.5 Å². The van der Waals surface area contributed by atoms with Crippen molar-refractivity contribution >= 4 is 30.4 Å². The molecule has 18 heavy (non-hydrogen) atoms. The van der Waals surface area contributed by atoms with Gasteiger partial charge in [0.05, 0.1) is 0 Å². The number of amides is 2. The van der Waals surface area contributed by atoms with Crippen LogP contribution in [0.25, 0.3) is 0 Å². The summed E-state index contributed by atoms with van der Waals surface area (Å²) < 4.78 is 0. The zero-order valence-corrected chi connectivity index (χ0v) is 10.6. The summed E-state index contributed by atoms with van der Waals surface area (Å²) in [4.78, 5) is 35.3. The van der Waals surface area contributed by atoms with Crippen molar-refractivity contribution in [2.45, 2.75) is 13.0 Å². The van der Waals surface area contributed by atoms with E-state index in [1.165, 1.54) is 12.1 Å². The number of hydrogen-bond donors (Lipinski definition) is 2. The van der Waals surface area contributed by atoms with Gasteiger partial charge in [0.1, 0.15) is 6.04 Å². The lowest BCUT2D eigenvalue weighted by Gasteiger charge is -2.24. The van der Waals surface area contributed by atoms with Crippen molar-refractivity contribution in [1.82, 2.24) is 4.90 Å². The minimum absolute atomic E-state index is 0.131. The predicted molar refractivity (Wildman–Crippen MR) is 68.6 cm³/mol. The Morgan fingerprint density at radius 3 is 2.22 bits per heavy atom. The number of imide groups is 1. The molecule has 0 fully saturated rings.